The highest BCUT2D eigenvalue weighted by atomic mass is 32.1. The number of fused-ring (bicyclic) bond motifs is 1. The average molecular weight is 575 g/mol. The molecule has 1 saturated carbocycles. The Morgan fingerprint density at radius 1 is 1.15 bits per heavy atom. The first kappa shape index (κ1) is 27.5. The standard InChI is InChI=1S/C31H34N4O5S/c1-34-27(36)9-6-20-15-22(17-32-29(20)34)24-4-2-3-5-25(24)26-18-41-31(33-26)35(23-7-8-23)30(39)21(16-28(37)38)14-19-10-12-40-13-11-19/h2-5,15,17-19,21,23H,6-14,16H2,1H3,(H,37,38)/t21-/m1/s1. The van der Waals surface area contributed by atoms with Gasteiger partial charge in [0.1, 0.15) is 5.82 Å². The van der Waals surface area contributed by atoms with Crippen molar-refractivity contribution in [2.45, 2.75) is 57.4 Å². The topological polar surface area (TPSA) is 113 Å². The number of nitrogens with zero attached hydrogens (tertiary/aromatic N) is 4. The molecule has 2 fully saturated rings. The molecule has 214 valence electrons. The third-order valence-electron chi connectivity index (χ3n) is 8.33. The van der Waals surface area contributed by atoms with Gasteiger partial charge in [-0.2, -0.15) is 0 Å². The number of aryl methyl sites for hydroxylation is 1. The van der Waals surface area contributed by atoms with Gasteiger partial charge in [0.25, 0.3) is 0 Å². The summed E-state index contributed by atoms with van der Waals surface area (Å²) in [5.74, 6) is -0.598. The third-order valence-corrected chi connectivity index (χ3v) is 9.17. The number of carboxylic acids is 1. The number of thiazole rings is 1. The molecule has 4 heterocycles. The van der Waals surface area contributed by atoms with Crippen LogP contribution in [0.4, 0.5) is 10.9 Å². The molecule has 1 aromatic carbocycles. The highest BCUT2D eigenvalue weighted by molar-refractivity contribution is 7.14. The van der Waals surface area contributed by atoms with Gasteiger partial charge in [-0.1, -0.05) is 24.3 Å². The van der Waals surface area contributed by atoms with Crippen molar-refractivity contribution in [3.63, 3.8) is 0 Å². The minimum atomic E-state index is -0.950. The van der Waals surface area contributed by atoms with Gasteiger partial charge in [-0.15, -0.1) is 11.3 Å². The minimum Gasteiger partial charge on any atom is -0.481 e. The summed E-state index contributed by atoms with van der Waals surface area (Å²) in [4.78, 5) is 50.7. The number of hydrogen-bond acceptors (Lipinski definition) is 7. The normalized spacial score (nSPS) is 18.2. The van der Waals surface area contributed by atoms with Crippen LogP contribution in [0.5, 0.6) is 0 Å². The van der Waals surface area contributed by atoms with E-state index in [9.17, 15) is 19.5 Å². The fraction of sp³-hybridized carbons (Fsp3) is 0.452. The van der Waals surface area contributed by atoms with Crippen LogP contribution in [-0.4, -0.2) is 59.2 Å². The first-order chi connectivity index (χ1) is 19.9. The van der Waals surface area contributed by atoms with E-state index >= 15 is 0 Å². The van der Waals surface area contributed by atoms with Crippen molar-refractivity contribution in [1.29, 1.82) is 0 Å². The number of hydrogen-bond donors (Lipinski definition) is 1. The van der Waals surface area contributed by atoms with Gasteiger partial charge in [0.2, 0.25) is 11.8 Å². The van der Waals surface area contributed by atoms with E-state index < -0.39 is 11.9 Å². The average Bonchev–Trinajstić information content (AvgIpc) is 3.70. The number of rotatable bonds is 9. The Hall–Kier alpha value is -3.63. The molecule has 0 bridgehead atoms. The maximum absolute atomic E-state index is 13.9. The maximum atomic E-state index is 13.9. The predicted molar refractivity (Wildman–Crippen MR) is 157 cm³/mol. The van der Waals surface area contributed by atoms with Gasteiger partial charge in [0.05, 0.1) is 12.1 Å². The predicted octanol–water partition coefficient (Wildman–Crippen LogP) is 5.18. The molecule has 2 aromatic heterocycles. The van der Waals surface area contributed by atoms with Crippen molar-refractivity contribution in [3.05, 3.63) is 47.5 Å². The van der Waals surface area contributed by atoms with Crippen LogP contribution in [0.1, 0.15) is 50.5 Å². The second-order valence-electron chi connectivity index (χ2n) is 11.2. The Bertz CT molecular complexity index is 1460. The third kappa shape index (κ3) is 5.90. The van der Waals surface area contributed by atoms with Gasteiger partial charge < -0.3 is 9.84 Å². The van der Waals surface area contributed by atoms with E-state index in [2.05, 4.69) is 11.1 Å². The summed E-state index contributed by atoms with van der Waals surface area (Å²) >= 11 is 1.43. The van der Waals surface area contributed by atoms with Crippen molar-refractivity contribution < 1.29 is 24.2 Å². The summed E-state index contributed by atoms with van der Waals surface area (Å²) in [6.07, 6.45) is 6.81. The van der Waals surface area contributed by atoms with E-state index in [-0.39, 0.29) is 24.3 Å². The molecule has 6 rings (SSSR count). The van der Waals surface area contributed by atoms with Gasteiger partial charge in [0.15, 0.2) is 5.13 Å². The highest BCUT2D eigenvalue weighted by Gasteiger charge is 2.40. The number of anilines is 2. The summed E-state index contributed by atoms with van der Waals surface area (Å²) in [6.45, 7) is 1.32. The van der Waals surface area contributed by atoms with Crippen molar-refractivity contribution in [1.82, 2.24) is 9.97 Å². The lowest BCUT2D eigenvalue weighted by Gasteiger charge is -2.29. The lowest BCUT2D eigenvalue weighted by molar-refractivity contribution is -0.141. The molecule has 3 aliphatic rings. The van der Waals surface area contributed by atoms with Crippen LogP contribution < -0.4 is 9.80 Å². The molecule has 1 saturated heterocycles. The fourth-order valence-electron chi connectivity index (χ4n) is 5.95. The van der Waals surface area contributed by atoms with Gasteiger partial charge in [0, 0.05) is 61.3 Å². The minimum absolute atomic E-state index is 0.0623. The monoisotopic (exact) mass is 574 g/mol. The highest BCUT2D eigenvalue weighted by Crippen LogP contribution is 2.40. The number of amides is 2. The zero-order valence-corrected chi connectivity index (χ0v) is 23.9. The Labute approximate surface area is 243 Å². The van der Waals surface area contributed by atoms with Crippen molar-refractivity contribution in [3.8, 4) is 22.4 Å². The molecule has 2 aliphatic heterocycles. The second-order valence-corrected chi connectivity index (χ2v) is 12.1. The molecule has 1 aliphatic carbocycles. The Morgan fingerprint density at radius 2 is 1.90 bits per heavy atom. The molecule has 0 spiro atoms. The Balaban J connectivity index is 1.29. The molecule has 1 atom stereocenters. The SMILES string of the molecule is CN1C(=O)CCc2cc(-c3ccccc3-c3csc(N(C(=O)[C@@H](CC(=O)O)CC4CCOCC4)C4CC4)n3)cnc21. The van der Waals surface area contributed by atoms with Crippen molar-refractivity contribution in [2.24, 2.45) is 11.8 Å². The number of ether oxygens (including phenoxy) is 1. The van der Waals surface area contributed by atoms with E-state index in [4.69, 9.17) is 9.72 Å². The molecule has 41 heavy (non-hydrogen) atoms. The van der Waals surface area contributed by atoms with Crippen LogP contribution in [0.25, 0.3) is 22.4 Å². The number of aromatic nitrogens is 2. The smallest absolute Gasteiger partial charge is 0.304 e. The van der Waals surface area contributed by atoms with Crippen LogP contribution in [0.3, 0.4) is 0 Å². The Morgan fingerprint density at radius 3 is 2.63 bits per heavy atom. The van der Waals surface area contributed by atoms with Gasteiger partial charge >= 0.3 is 5.97 Å². The van der Waals surface area contributed by atoms with Crippen molar-refractivity contribution >= 4 is 40.1 Å². The number of pyridine rings is 1. The molecule has 0 unspecified atom stereocenters. The largest absolute Gasteiger partial charge is 0.481 e. The number of carbonyl (C=O) groups is 3. The van der Waals surface area contributed by atoms with Crippen LogP contribution in [0.15, 0.2) is 41.9 Å². The quantitative estimate of drug-likeness (QED) is 0.375. The first-order valence-electron chi connectivity index (χ1n) is 14.3. The number of carbonyl (C=O) groups excluding carboxylic acids is 2. The molecule has 9 nitrogen and oxygen atoms in total. The van der Waals surface area contributed by atoms with Gasteiger partial charge in [-0.25, -0.2) is 9.97 Å². The van der Waals surface area contributed by atoms with E-state index in [0.29, 0.717) is 49.3 Å². The molecular weight excluding hydrogens is 540 g/mol. The summed E-state index contributed by atoms with van der Waals surface area (Å²) in [6, 6.07) is 10.2. The zero-order chi connectivity index (χ0) is 28.5. The van der Waals surface area contributed by atoms with Crippen molar-refractivity contribution in [2.75, 3.05) is 30.1 Å². The lowest BCUT2D eigenvalue weighted by Crippen LogP contribution is -2.40. The summed E-state index contributed by atoms with van der Waals surface area (Å²) in [7, 11) is 1.76. The molecule has 0 radical (unpaired) electrons. The number of aliphatic carboxylic acids is 1. The number of benzene rings is 1. The number of carboxylic acid groups (broad SMARTS) is 1. The molecule has 10 heteroatoms. The van der Waals surface area contributed by atoms with Crippen LogP contribution in [-0.2, 0) is 25.5 Å². The van der Waals surface area contributed by atoms with E-state index in [1.54, 1.807) is 23.0 Å². The van der Waals surface area contributed by atoms with Crippen LogP contribution in [0.2, 0.25) is 0 Å². The molecule has 2 amide bonds. The van der Waals surface area contributed by atoms with Gasteiger partial charge in [-0.05, 0) is 61.6 Å². The van der Waals surface area contributed by atoms with E-state index in [0.717, 1.165) is 53.6 Å². The van der Waals surface area contributed by atoms with Crippen LogP contribution in [0, 0.1) is 11.8 Å². The molecule has 1 N–H and O–H groups in total. The summed E-state index contributed by atoms with van der Waals surface area (Å²) in [5, 5.41) is 12.2. The molecular formula is C31H34N4O5S. The summed E-state index contributed by atoms with van der Waals surface area (Å²) in [5.41, 5.74) is 4.67. The van der Waals surface area contributed by atoms with E-state index in [1.165, 1.54) is 11.3 Å². The summed E-state index contributed by atoms with van der Waals surface area (Å²) < 4.78 is 5.47. The first-order valence-corrected chi connectivity index (χ1v) is 15.2. The van der Waals surface area contributed by atoms with Crippen LogP contribution >= 0.6 is 11.3 Å². The lowest BCUT2D eigenvalue weighted by atomic mass is 9.86. The Kier molecular flexibility index (Phi) is 7.86. The molecule has 3 aromatic rings. The zero-order valence-electron chi connectivity index (χ0n) is 23.1. The maximum Gasteiger partial charge on any atom is 0.304 e. The van der Waals surface area contributed by atoms with Gasteiger partial charge in [-0.3, -0.25) is 24.2 Å². The fourth-order valence-corrected chi connectivity index (χ4v) is 6.85. The van der Waals surface area contributed by atoms with E-state index in [1.807, 2.05) is 29.6 Å². The second kappa shape index (κ2) is 11.7.